The van der Waals surface area contributed by atoms with Gasteiger partial charge >= 0.3 is 0 Å². The van der Waals surface area contributed by atoms with Gasteiger partial charge in [0, 0.05) is 0 Å². The summed E-state index contributed by atoms with van der Waals surface area (Å²) >= 11 is 8.06. The Labute approximate surface area is 125 Å². The highest BCUT2D eigenvalue weighted by Gasteiger charge is 2.19. The molecule has 1 aliphatic heterocycles. The van der Waals surface area contributed by atoms with Crippen LogP contribution >= 0.6 is 35.3 Å². The van der Waals surface area contributed by atoms with E-state index in [-0.39, 0.29) is 5.91 Å². The quantitative estimate of drug-likeness (QED) is 0.721. The maximum absolute atomic E-state index is 11.7. The lowest BCUT2D eigenvalue weighted by molar-refractivity contribution is -0.883. The first-order valence-corrected chi connectivity index (χ1v) is 8.21. The molecular weight excluding hydrogens is 302 g/mol. The van der Waals surface area contributed by atoms with Gasteiger partial charge in [-0.2, -0.15) is 0 Å². The molecule has 0 aliphatic carbocycles. The van der Waals surface area contributed by atoms with Crippen molar-refractivity contribution in [1.29, 1.82) is 0 Å². The average molecular weight is 318 g/mol. The number of thioether (sulfide) groups is 1. The third kappa shape index (κ3) is 4.68. The number of nitrogens with one attached hydrogen (secondary N) is 2. The van der Waals surface area contributed by atoms with Crippen molar-refractivity contribution in [3.63, 3.8) is 0 Å². The van der Waals surface area contributed by atoms with E-state index in [4.69, 9.17) is 12.2 Å². The Bertz CT molecular complexity index is 430. The van der Waals surface area contributed by atoms with E-state index in [9.17, 15) is 4.79 Å². The van der Waals surface area contributed by atoms with Gasteiger partial charge in [0.25, 0.3) is 0 Å². The van der Waals surface area contributed by atoms with Gasteiger partial charge in [0.1, 0.15) is 9.83 Å². The molecule has 2 N–H and O–H groups in total. The van der Waals surface area contributed by atoms with E-state index < -0.39 is 0 Å². The molecule has 1 aromatic heterocycles. The number of anilines is 1. The second kappa shape index (κ2) is 7.13. The molecule has 0 aromatic carbocycles. The minimum absolute atomic E-state index is 0.0937. The van der Waals surface area contributed by atoms with Crippen molar-refractivity contribution in [3.8, 4) is 0 Å². The van der Waals surface area contributed by atoms with Crippen molar-refractivity contribution < 1.29 is 9.69 Å². The van der Waals surface area contributed by atoms with Crippen LogP contribution in [0.25, 0.3) is 0 Å². The van der Waals surface area contributed by atoms with Crippen molar-refractivity contribution in [3.05, 3.63) is 5.51 Å². The molecule has 0 atom stereocenters. The van der Waals surface area contributed by atoms with E-state index in [2.05, 4.69) is 27.5 Å². The number of carbonyl (C=O) groups is 1. The second-order valence-corrected chi connectivity index (χ2v) is 6.73. The fourth-order valence-corrected chi connectivity index (χ4v) is 3.18. The Kier molecular flexibility index (Phi) is 5.49. The monoisotopic (exact) mass is 318 g/mol. The number of nitrogens with zero attached hydrogens (tertiary/aromatic N) is 3. The van der Waals surface area contributed by atoms with E-state index in [1.54, 1.807) is 5.51 Å². The number of hydrogen-bond donors (Lipinski definition) is 2. The second-order valence-electron chi connectivity index (χ2n) is 4.29. The number of amides is 1. The normalized spacial score (nSPS) is 16.4. The van der Waals surface area contributed by atoms with Crippen LogP contribution < -0.4 is 10.2 Å². The summed E-state index contributed by atoms with van der Waals surface area (Å²) < 4.78 is 0.805. The van der Waals surface area contributed by atoms with Crippen LogP contribution in [0.2, 0.25) is 0 Å². The zero-order valence-corrected chi connectivity index (χ0v) is 13.0. The summed E-state index contributed by atoms with van der Waals surface area (Å²) in [7, 11) is 2.18. The largest absolute Gasteiger partial charge is 0.346 e. The Morgan fingerprint density at radius 3 is 3.00 bits per heavy atom. The summed E-state index contributed by atoms with van der Waals surface area (Å²) in [6.45, 7) is 4.13. The molecule has 104 valence electrons. The molecule has 1 aliphatic rings. The SMILES string of the molecule is C[NH+]1CCN(C(=S)SCC(=O)Nc2nncs2)CC1. The van der Waals surface area contributed by atoms with Gasteiger partial charge in [0.2, 0.25) is 11.0 Å². The molecule has 1 saturated heterocycles. The number of quaternary nitrogens is 1. The van der Waals surface area contributed by atoms with Gasteiger partial charge in [0.05, 0.1) is 39.0 Å². The van der Waals surface area contributed by atoms with Crippen molar-refractivity contribution >= 4 is 50.7 Å². The summed E-state index contributed by atoms with van der Waals surface area (Å²) in [5.74, 6) is 0.223. The van der Waals surface area contributed by atoms with Crippen LogP contribution in [0.15, 0.2) is 5.51 Å². The predicted molar refractivity (Wildman–Crippen MR) is 81.8 cm³/mol. The van der Waals surface area contributed by atoms with Crippen LogP contribution in [0, 0.1) is 0 Å². The molecule has 1 fully saturated rings. The lowest BCUT2D eigenvalue weighted by Crippen LogP contribution is -3.12. The molecule has 1 aromatic rings. The minimum atomic E-state index is -0.0937. The van der Waals surface area contributed by atoms with Crippen LogP contribution in [-0.4, -0.2) is 64.3 Å². The third-order valence-corrected chi connectivity index (χ3v) is 4.94. The molecule has 9 heteroatoms. The number of carbonyl (C=O) groups excluding carboxylic acids is 1. The number of thiocarbonyl (C=S) groups is 1. The van der Waals surface area contributed by atoms with Gasteiger partial charge in [-0.3, -0.25) is 10.1 Å². The van der Waals surface area contributed by atoms with Crippen molar-refractivity contribution in [1.82, 2.24) is 15.1 Å². The molecule has 6 nitrogen and oxygen atoms in total. The topological polar surface area (TPSA) is 62.6 Å². The van der Waals surface area contributed by atoms with Gasteiger partial charge in [-0.1, -0.05) is 35.3 Å². The van der Waals surface area contributed by atoms with Gasteiger partial charge in [-0.05, 0) is 0 Å². The minimum Gasteiger partial charge on any atom is -0.346 e. The number of aromatic nitrogens is 2. The highest BCUT2D eigenvalue weighted by atomic mass is 32.2. The van der Waals surface area contributed by atoms with E-state index in [1.807, 2.05) is 0 Å². The third-order valence-electron chi connectivity index (χ3n) is 2.81. The zero-order valence-electron chi connectivity index (χ0n) is 10.6. The van der Waals surface area contributed by atoms with Crippen molar-refractivity contribution in [2.24, 2.45) is 0 Å². The molecular formula is C10H16N5OS3+. The van der Waals surface area contributed by atoms with Gasteiger partial charge in [0.15, 0.2) is 0 Å². The lowest BCUT2D eigenvalue weighted by Gasteiger charge is -2.31. The summed E-state index contributed by atoms with van der Waals surface area (Å²) in [6, 6.07) is 0. The van der Waals surface area contributed by atoms with Crippen LogP contribution in [0.3, 0.4) is 0 Å². The summed E-state index contributed by atoms with van der Waals surface area (Å²) in [6.07, 6.45) is 0. The first-order chi connectivity index (χ1) is 9.15. The van der Waals surface area contributed by atoms with E-state index in [0.717, 1.165) is 30.5 Å². The summed E-state index contributed by atoms with van der Waals surface area (Å²) in [4.78, 5) is 15.4. The Hall–Kier alpha value is -0.770. The molecule has 2 heterocycles. The average Bonchev–Trinajstić information content (AvgIpc) is 2.89. The fraction of sp³-hybridized carbons (Fsp3) is 0.600. The fourth-order valence-electron chi connectivity index (χ4n) is 1.67. The zero-order chi connectivity index (χ0) is 13.7. The first kappa shape index (κ1) is 14.6. The van der Waals surface area contributed by atoms with Gasteiger partial charge in [-0.25, -0.2) is 0 Å². The first-order valence-electron chi connectivity index (χ1n) is 5.94. The molecule has 0 radical (unpaired) electrons. The van der Waals surface area contributed by atoms with Gasteiger partial charge in [-0.15, -0.1) is 10.2 Å². The van der Waals surface area contributed by atoms with Crippen molar-refractivity contribution in [2.45, 2.75) is 0 Å². The Morgan fingerprint density at radius 2 is 2.37 bits per heavy atom. The molecule has 2 rings (SSSR count). The highest BCUT2D eigenvalue weighted by molar-refractivity contribution is 8.23. The number of piperazine rings is 1. The molecule has 0 spiro atoms. The number of likely N-dealkylation sites (N-methyl/N-ethyl adjacent to an activating group) is 1. The van der Waals surface area contributed by atoms with E-state index in [1.165, 1.54) is 28.0 Å². The predicted octanol–water partition coefficient (Wildman–Crippen LogP) is -0.675. The molecule has 19 heavy (non-hydrogen) atoms. The summed E-state index contributed by atoms with van der Waals surface area (Å²) in [5, 5.41) is 10.6. The molecule has 1 amide bonds. The van der Waals surface area contributed by atoms with Crippen molar-refractivity contribution in [2.75, 3.05) is 44.3 Å². The smallest absolute Gasteiger partial charge is 0.236 e. The van der Waals surface area contributed by atoms with E-state index in [0.29, 0.717) is 10.9 Å². The highest BCUT2D eigenvalue weighted by Crippen LogP contribution is 2.12. The maximum Gasteiger partial charge on any atom is 0.236 e. The van der Waals surface area contributed by atoms with Crippen LogP contribution in [0.5, 0.6) is 0 Å². The standard InChI is InChI=1S/C10H15N5OS3/c1-14-2-4-15(5-3-14)10(17)18-6-8(16)12-9-13-11-7-19-9/h7H,2-6H2,1H3,(H,12,13,16)/p+1. The van der Waals surface area contributed by atoms with Crippen LogP contribution in [-0.2, 0) is 4.79 Å². The number of rotatable bonds is 3. The Balaban J connectivity index is 1.70. The molecule has 0 saturated carbocycles. The molecule has 0 bridgehead atoms. The van der Waals surface area contributed by atoms with Gasteiger partial charge < -0.3 is 9.80 Å². The lowest BCUT2D eigenvalue weighted by atomic mass is 10.4. The van der Waals surface area contributed by atoms with Crippen LogP contribution in [0.1, 0.15) is 0 Å². The molecule has 0 unspecified atom stereocenters. The van der Waals surface area contributed by atoms with E-state index >= 15 is 0 Å². The number of hydrogen-bond acceptors (Lipinski definition) is 6. The summed E-state index contributed by atoms with van der Waals surface area (Å²) in [5.41, 5.74) is 1.58. The maximum atomic E-state index is 11.7. The van der Waals surface area contributed by atoms with Crippen LogP contribution in [0.4, 0.5) is 5.13 Å². The Morgan fingerprint density at radius 1 is 1.63 bits per heavy atom.